The van der Waals surface area contributed by atoms with Crippen LogP contribution in [0, 0.1) is 6.92 Å². The van der Waals surface area contributed by atoms with E-state index in [0.717, 1.165) is 29.2 Å². The maximum Gasteiger partial charge on any atom is 0.131 e. The molecule has 0 amide bonds. The van der Waals surface area contributed by atoms with Crippen molar-refractivity contribution < 1.29 is 0 Å². The minimum atomic E-state index is 0.767. The Bertz CT molecular complexity index is 490. The molecule has 90 valence electrons. The summed E-state index contributed by atoms with van der Waals surface area (Å²) in [5.74, 6) is 1.63. The Labute approximate surface area is 113 Å². The van der Waals surface area contributed by atoms with Crippen LogP contribution in [0.1, 0.15) is 23.2 Å². The molecule has 0 bridgehead atoms. The number of thiophene rings is 1. The summed E-state index contributed by atoms with van der Waals surface area (Å²) in [5.41, 5.74) is 1.41. The van der Waals surface area contributed by atoms with Crippen LogP contribution in [0.3, 0.4) is 0 Å². The predicted molar refractivity (Wildman–Crippen MR) is 75.5 cm³/mol. The minimum absolute atomic E-state index is 0.767. The molecular weight excluding hydrogens is 298 g/mol. The van der Waals surface area contributed by atoms with Crippen molar-refractivity contribution in [3.8, 4) is 0 Å². The van der Waals surface area contributed by atoms with Crippen LogP contribution in [0.4, 0.5) is 5.82 Å². The first-order valence-electron chi connectivity index (χ1n) is 5.49. The maximum atomic E-state index is 4.34. The number of rotatable bonds is 4. The normalized spacial score (nSPS) is 10.5. The summed E-state index contributed by atoms with van der Waals surface area (Å²) >= 11 is 5.16. The predicted octanol–water partition coefficient (Wildman–Crippen LogP) is 3.78. The van der Waals surface area contributed by atoms with Gasteiger partial charge in [-0.1, -0.05) is 6.92 Å². The number of nitrogens with one attached hydrogen (secondary N) is 1. The number of aromatic nitrogens is 2. The molecule has 0 spiro atoms. The van der Waals surface area contributed by atoms with Crippen molar-refractivity contribution in [3.05, 3.63) is 38.4 Å². The van der Waals surface area contributed by atoms with E-state index in [4.69, 9.17) is 0 Å². The number of hydrogen-bond acceptors (Lipinski definition) is 4. The third kappa shape index (κ3) is 3.26. The Kier molecular flexibility index (Phi) is 4.12. The lowest BCUT2D eigenvalue weighted by molar-refractivity contribution is 1.00. The summed E-state index contributed by atoms with van der Waals surface area (Å²) in [7, 11) is 0. The summed E-state index contributed by atoms with van der Waals surface area (Å²) in [6, 6.07) is 4.08. The van der Waals surface area contributed by atoms with E-state index < -0.39 is 0 Å². The van der Waals surface area contributed by atoms with Crippen LogP contribution in [-0.4, -0.2) is 9.97 Å². The Morgan fingerprint density at radius 1 is 1.41 bits per heavy atom. The molecule has 0 unspecified atom stereocenters. The van der Waals surface area contributed by atoms with E-state index in [9.17, 15) is 0 Å². The highest BCUT2D eigenvalue weighted by molar-refractivity contribution is 9.10. The molecule has 0 fully saturated rings. The fraction of sp³-hybridized carbons (Fsp3) is 0.333. The van der Waals surface area contributed by atoms with Gasteiger partial charge in [-0.25, -0.2) is 9.97 Å². The molecule has 2 heterocycles. The molecule has 0 saturated heterocycles. The lowest BCUT2D eigenvalue weighted by atomic mass is 10.2. The van der Waals surface area contributed by atoms with E-state index in [1.807, 2.05) is 13.0 Å². The molecule has 0 saturated carbocycles. The number of aryl methyl sites for hydroxylation is 2. The van der Waals surface area contributed by atoms with Crippen molar-refractivity contribution in [2.45, 2.75) is 26.8 Å². The van der Waals surface area contributed by atoms with Gasteiger partial charge in [0.1, 0.15) is 16.2 Å². The van der Waals surface area contributed by atoms with Gasteiger partial charge in [0.2, 0.25) is 0 Å². The monoisotopic (exact) mass is 311 g/mol. The molecular formula is C12H14BrN3S. The topological polar surface area (TPSA) is 37.8 Å². The van der Waals surface area contributed by atoms with Gasteiger partial charge in [-0.05, 0) is 46.3 Å². The van der Waals surface area contributed by atoms with Gasteiger partial charge in [-0.2, -0.15) is 0 Å². The fourth-order valence-corrected chi connectivity index (χ4v) is 3.02. The second kappa shape index (κ2) is 5.60. The van der Waals surface area contributed by atoms with Gasteiger partial charge in [-0.3, -0.25) is 0 Å². The van der Waals surface area contributed by atoms with Crippen LogP contribution in [0.15, 0.2) is 22.1 Å². The highest BCUT2D eigenvalue weighted by atomic mass is 79.9. The van der Waals surface area contributed by atoms with E-state index in [0.29, 0.717) is 0 Å². The summed E-state index contributed by atoms with van der Waals surface area (Å²) < 4.78 is 0.814. The van der Waals surface area contributed by atoms with Gasteiger partial charge in [0.15, 0.2) is 0 Å². The molecule has 17 heavy (non-hydrogen) atoms. The largest absolute Gasteiger partial charge is 0.365 e. The second-order valence-corrected chi connectivity index (χ2v) is 5.51. The number of anilines is 1. The standard InChI is InChI=1S/C12H14BrN3S/c1-3-9-4-5-17-10(9)7-14-12-6-11(13)15-8(2)16-12/h4-6H,3,7H2,1-2H3,(H,14,15,16). The minimum Gasteiger partial charge on any atom is -0.365 e. The molecule has 0 radical (unpaired) electrons. The van der Waals surface area contributed by atoms with E-state index in [-0.39, 0.29) is 0 Å². The molecule has 2 aromatic heterocycles. The Morgan fingerprint density at radius 2 is 2.24 bits per heavy atom. The summed E-state index contributed by atoms with van der Waals surface area (Å²) in [4.78, 5) is 9.90. The lowest BCUT2D eigenvalue weighted by Crippen LogP contribution is -2.03. The summed E-state index contributed by atoms with van der Waals surface area (Å²) in [5, 5.41) is 5.47. The first kappa shape index (κ1) is 12.5. The van der Waals surface area contributed by atoms with Crippen LogP contribution >= 0.6 is 27.3 Å². The summed E-state index contributed by atoms with van der Waals surface area (Å²) in [6.07, 6.45) is 1.08. The van der Waals surface area contributed by atoms with Gasteiger partial charge in [0.25, 0.3) is 0 Å². The van der Waals surface area contributed by atoms with Crippen molar-refractivity contribution in [2.24, 2.45) is 0 Å². The number of halogens is 1. The second-order valence-electron chi connectivity index (χ2n) is 3.70. The third-order valence-corrected chi connectivity index (χ3v) is 3.82. The fourth-order valence-electron chi connectivity index (χ4n) is 1.63. The Balaban J connectivity index is 2.07. The van der Waals surface area contributed by atoms with E-state index in [2.05, 4.69) is 49.6 Å². The molecule has 0 aliphatic heterocycles. The van der Waals surface area contributed by atoms with Gasteiger partial charge < -0.3 is 5.32 Å². The zero-order chi connectivity index (χ0) is 12.3. The SMILES string of the molecule is CCc1ccsc1CNc1cc(Br)nc(C)n1. The number of hydrogen-bond donors (Lipinski definition) is 1. The van der Waals surface area contributed by atoms with Crippen molar-refractivity contribution in [3.63, 3.8) is 0 Å². The van der Waals surface area contributed by atoms with Crippen LogP contribution < -0.4 is 5.32 Å². The molecule has 0 atom stereocenters. The molecule has 0 aromatic carbocycles. The highest BCUT2D eigenvalue weighted by Crippen LogP contribution is 2.19. The first-order chi connectivity index (χ1) is 8.19. The van der Waals surface area contributed by atoms with Gasteiger partial charge >= 0.3 is 0 Å². The van der Waals surface area contributed by atoms with Crippen LogP contribution in [0.5, 0.6) is 0 Å². The van der Waals surface area contributed by atoms with E-state index in [1.54, 1.807) is 11.3 Å². The zero-order valence-electron chi connectivity index (χ0n) is 9.83. The van der Waals surface area contributed by atoms with Crippen molar-refractivity contribution in [1.29, 1.82) is 0 Å². The Hall–Kier alpha value is -0.940. The van der Waals surface area contributed by atoms with Gasteiger partial charge in [-0.15, -0.1) is 11.3 Å². The van der Waals surface area contributed by atoms with Crippen molar-refractivity contribution in [2.75, 3.05) is 5.32 Å². The summed E-state index contributed by atoms with van der Waals surface area (Å²) in [6.45, 7) is 4.89. The third-order valence-electron chi connectivity index (χ3n) is 2.46. The van der Waals surface area contributed by atoms with Gasteiger partial charge in [0.05, 0.1) is 6.54 Å². The zero-order valence-corrected chi connectivity index (χ0v) is 12.2. The Morgan fingerprint density at radius 3 is 2.94 bits per heavy atom. The van der Waals surface area contributed by atoms with Crippen LogP contribution in [-0.2, 0) is 13.0 Å². The molecule has 0 aliphatic carbocycles. The lowest BCUT2D eigenvalue weighted by Gasteiger charge is -2.06. The quantitative estimate of drug-likeness (QED) is 0.873. The van der Waals surface area contributed by atoms with Crippen LogP contribution in [0.2, 0.25) is 0 Å². The molecule has 2 aromatic rings. The molecule has 2 rings (SSSR count). The van der Waals surface area contributed by atoms with Crippen molar-refractivity contribution in [1.82, 2.24) is 9.97 Å². The maximum absolute atomic E-state index is 4.34. The van der Waals surface area contributed by atoms with Crippen molar-refractivity contribution >= 4 is 33.1 Å². The average Bonchev–Trinajstić information content (AvgIpc) is 2.72. The average molecular weight is 312 g/mol. The van der Waals surface area contributed by atoms with Crippen LogP contribution in [0.25, 0.3) is 0 Å². The molecule has 0 aliphatic rings. The van der Waals surface area contributed by atoms with E-state index >= 15 is 0 Å². The number of nitrogens with zero attached hydrogens (tertiary/aromatic N) is 2. The molecule has 3 nitrogen and oxygen atoms in total. The highest BCUT2D eigenvalue weighted by Gasteiger charge is 2.04. The molecule has 5 heteroatoms. The molecule has 1 N–H and O–H groups in total. The van der Waals surface area contributed by atoms with Gasteiger partial charge in [0, 0.05) is 10.9 Å². The first-order valence-corrected chi connectivity index (χ1v) is 7.16. The smallest absolute Gasteiger partial charge is 0.131 e. The van der Waals surface area contributed by atoms with E-state index in [1.165, 1.54) is 10.4 Å².